The van der Waals surface area contributed by atoms with Crippen molar-refractivity contribution < 1.29 is 22.8 Å². The van der Waals surface area contributed by atoms with Gasteiger partial charge in [-0.1, -0.05) is 11.6 Å². The number of carbonyl (C=O) groups excluding carboxylic acids is 2. The number of carbonyl (C=O) groups is 2. The molecule has 0 saturated carbocycles. The Balaban J connectivity index is 1.45. The van der Waals surface area contributed by atoms with Crippen LogP contribution in [-0.4, -0.2) is 47.8 Å². The van der Waals surface area contributed by atoms with Crippen LogP contribution >= 0.6 is 11.6 Å². The fraction of sp³-hybridized carbons (Fsp3) is 0.200. The normalized spacial score (nSPS) is 14.5. The third-order valence-electron chi connectivity index (χ3n) is 4.70. The average Bonchev–Trinajstić information content (AvgIpc) is 3.12. The number of halogens is 3. The van der Waals surface area contributed by atoms with Crippen molar-refractivity contribution in [3.05, 3.63) is 70.4 Å². The van der Waals surface area contributed by atoms with Crippen LogP contribution in [0.25, 0.3) is 11.0 Å². The lowest BCUT2D eigenvalue weighted by molar-refractivity contribution is 0.0517. The predicted octanol–water partition coefficient (Wildman–Crippen LogP) is 3.96. The van der Waals surface area contributed by atoms with Crippen LogP contribution < -0.4 is 0 Å². The summed E-state index contributed by atoms with van der Waals surface area (Å²) in [4.78, 5) is 28.2. The minimum Gasteiger partial charge on any atom is -0.451 e. The van der Waals surface area contributed by atoms with E-state index in [4.69, 9.17) is 16.0 Å². The van der Waals surface area contributed by atoms with Gasteiger partial charge in [-0.15, -0.1) is 0 Å². The maximum atomic E-state index is 13.9. The molecule has 144 valence electrons. The van der Waals surface area contributed by atoms with Gasteiger partial charge in [-0.3, -0.25) is 9.59 Å². The van der Waals surface area contributed by atoms with Crippen LogP contribution in [0.2, 0.25) is 5.02 Å². The summed E-state index contributed by atoms with van der Waals surface area (Å²) in [6.45, 7) is 1.06. The van der Waals surface area contributed by atoms with Gasteiger partial charge < -0.3 is 14.2 Å². The molecule has 3 aromatic rings. The van der Waals surface area contributed by atoms with E-state index < -0.39 is 17.5 Å². The highest BCUT2D eigenvalue weighted by Crippen LogP contribution is 2.22. The third kappa shape index (κ3) is 3.45. The van der Waals surface area contributed by atoms with Crippen LogP contribution in [-0.2, 0) is 0 Å². The zero-order chi connectivity index (χ0) is 19.8. The number of amides is 2. The minimum atomic E-state index is -0.637. The van der Waals surface area contributed by atoms with Crippen molar-refractivity contribution in [1.29, 1.82) is 0 Å². The zero-order valence-electron chi connectivity index (χ0n) is 14.6. The number of fused-ring (bicyclic) bond motifs is 1. The molecule has 0 atom stereocenters. The monoisotopic (exact) mass is 404 g/mol. The van der Waals surface area contributed by atoms with Crippen LogP contribution in [0, 0.1) is 11.6 Å². The number of hydrogen-bond acceptors (Lipinski definition) is 3. The molecule has 1 aliphatic rings. The highest BCUT2D eigenvalue weighted by atomic mass is 35.5. The molecular weight excluding hydrogens is 390 g/mol. The molecule has 2 amide bonds. The Morgan fingerprint density at radius 1 is 0.893 bits per heavy atom. The molecule has 0 spiro atoms. The smallest absolute Gasteiger partial charge is 0.289 e. The van der Waals surface area contributed by atoms with Gasteiger partial charge >= 0.3 is 0 Å². The third-order valence-corrected chi connectivity index (χ3v) is 4.94. The van der Waals surface area contributed by atoms with Gasteiger partial charge in [0.2, 0.25) is 0 Å². The summed E-state index contributed by atoms with van der Waals surface area (Å²) in [6, 6.07) is 9.36. The topological polar surface area (TPSA) is 53.8 Å². The van der Waals surface area contributed by atoms with E-state index in [9.17, 15) is 18.4 Å². The molecule has 0 radical (unpaired) electrons. The first-order valence-corrected chi connectivity index (χ1v) is 9.03. The van der Waals surface area contributed by atoms with Gasteiger partial charge in [-0.05, 0) is 42.5 Å². The highest BCUT2D eigenvalue weighted by molar-refractivity contribution is 6.31. The van der Waals surface area contributed by atoms with Crippen molar-refractivity contribution in [2.24, 2.45) is 0 Å². The second kappa shape index (κ2) is 7.24. The number of piperazine rings is 1. The Bertz CT molecular complexity index is 1070. The van der Waals surface area contributed by atoms with E-state index in [0.29, 0.717) is 11.0 Å². The lowest BCUT2D eigenvalue weighted by atomic mass is 10.1. The van der Waals surface area contributed by atoms with Gasteiger partial charge in [0.15, 0.2) is 5.76 Å². The number of furan rings is 1. The van der Waals surface area contributed by atoms with Crippen molar-refractivity contribution in [3.8, 4) is 0 Å². The molecule has 0 aliphatic carbocycles. The standard InChI is InChI=1S/C20H15ClF2N2O3/c21-13-1-3-16(23)15(11-13)19(26)24-5-7-25(8-6-24)20(27)18-10-12-9-14(22)2-4-17(12)28-18/h1-4,9-11H,5-8H2. The van der Waals surface area contributed by atoms with Gasteiger partial charge in [-0.2, -0.15) is 0 Å². The molecule has 2 aromatic carbocycles. The summed E-state index contributed by atoms with van der Waals surface area (Å²) >= 11 is 5.85. The second-order valence-corrected chi connectivity index (χ2v) is 6.94. The first-order valence-electron chi connectivity index (χ1n) is 8.65. The molecule has 1 aromatic heterocycles. The van der Waals surface area contributed by atoms with Crippen molar-refractivity contribution in [2.75, 3.05) is 26.2 Å². The Hall–Kier alpha value is -2.93. The van der Waals surface area contributed by atoms with Crippen LogP contribution in [0.3, 0.4) is 0 Å². The molecule has 1 aliphatic heterocycles. The first-order chi connectivity index (χ1) is 13.4. The second-order valence-electron chi connectivity index (χ2n) is 6.50. The number of hydrogen-bond donors (Lipinski definition) is 0. The SMILES string of the molecule is O=C(c1cc2cc(F)ccc2o1)N1CCN(C(=O)c2cc(Cl)ccc2F)CC1. The van der Waals surface area contributed by atoms with E-state index in [1.54, 1.807) is 4.90 Å². The van der Waals surface area contributed by atoms with E-state index in [0.717, 1.165) is 6.07 Å². The summed E-state index contributed by atoms with van der Waals surface area (Å²) in [6.07, 6.45) is 0. The molecule has 1 fully saturated rings. The van der Waals surface area contributed by atoms with Gasteiger partial charge in [-0.25, -0.2) is 8.78 Å². The Morgan fingerprint density at radius 3 is 2.29 bits per heavy atom. The zero-order valence-corrected chi connectivity index (χ0v) is 15.4. The molecule has 2 heterocycles. The summed E-state index contributed by atoms with van der Waals surface area (Å²) in [5.41, 5.74) is 0.335. The molecule has 0 unspecified atom stereocenters. The number of nitrogens with zero attached hydrogens (tertiary/aromatic N) is 2. The Kier molecular flexibility index (Phi) is 4.77. The van der Waals surface area contributed by atoms with E-state index in [2.05, 4.69) is 0 Å². The summed E-state index contributed by atoms with van der Waals surface area (Å²) in [5.74, 6) is -1.74. The van der Waals surface area contributed by atoms with Gasteiger partial charge in [0.05, 0.1) is 5.56 Å². The summed E-state index contributed by atoms with van der Waals surface area (Å²) in [5, 5.41) is 0.786. The lowest BCUT2D eigenvalue weighted by Crippen LogP contribution is -2.50. The molecule has 0 bridgehead atoms. The van der Waals surface area contributed by atoms with E-state index in [-0.39, 0.29) is 48.4 Å². The molecule has 0 N–H and O–H groups in total. The quantitative estimate of drug-likeness (QED) is 0.649. The molecule has 4 rings (SSSR count). The minimum absolute atomic E-state index is 0.0911. The van der Waals surface area contributed by atoms with Gasteiger partial charge in [0, 0.05) is 36.6 Å². The molecule has 5 nitrogen and oxygen atoms in total. The predicted molar refractivity (Wildman–Crippen MR) is 99.4 cm³/mol. The number of benzene rings is 2. The molecule has 28 heavy (non-hydrogen) atoms. The van der Waals surface area contributed by atoms with Gasteiger partial charge in [0.25, 0.3) is 11.8 Å². The van der Waals surface area contributed by atoms with Crippen LogP contribution in [0.1, 0.15) is 20.9 Å². The highest BCUT2D eigenvalue weighted by Gasteiger charge is 2.28. The van der Waals surface area contributed by atoms with Crippen LogP contribution in [0.4, 0.5) is 8.78 Å². The van der Waals surface area contributed by atoms with E-state index >= 15 is 0 Å². The van der Waals surface area contributed by atoms with Gasteiger partial charge in [0.1, 0.15) is 17.2 Å². The van der Waals surface area contributed by atoms with E-state index in [1.807, 2.05) is 0 Å². The molecule has 8 heteroatoms. The average molecular weight is 405 g/mol. The van der Waals surface area contributed by atoms with Crippen molar-refractivity contribution in [1.82, 2.24) is 9.80 Å². The number of rotatable bonds is 2. The maximum absolute atomic E-state index is 13.9. The van der Waals surface area contributed by atoms with E-state index in [1.165, 1.54) is 41.3 Å². The summed E-state index contributed by atoms with van der Waals surface area (Å²) in [7, 11) is 0. The first kappa shape index (κ1) is 18.4. The summed E-state index contributed by atoms with van der Waals surface area (Å²) < 4.78 is 32.7. The molecule has 1 saturated heterocycles. The Labute approximate surface area is 164 Å². The lowest BCUT2D eigenvalue weighted by Gasteiger charge is -2.34. The van der Waals surface area contributed by atoms with Crippen molar-refractivity contribution in [3.63, 3.8) is 0 Å². The van der Waals surface area contributed by atoms with Crippen molar-refractivity contribution in [2.45, 2.75) is 0 Å². The fourth-order valence-electron chi connectivity index (χ4n) is 3.22. The fourth-order valence-corrected chi connectivity index (χ4v) is 3.39. The van der Waals surface area contributed by atoms with Crippen LogP contribution in [0.15, 0.2) is 46.9 Å². The maximum Gasteiger partial charge on any atom is 0.289 e. The van der Waals surface area contributed by atoms with Crippen molar-refractivity contribution >= 4 is 34.4 Å². The van der Waals surface area contributed by atoms with Crippen LogP contribution in [0.5, 0.6) is 0 Å². The molecular formula is C20H15ClF2N2O3. The largest absolute Gasteiger partial charge is 0.451 e. The Morgan fingerprint density at radius 2 is 1.57 bits per heavy atom.